The Bertz CT molecular complexity index is 1030. The third-order valence-corrected chi connectivity index (χ3v) is 5.61. The maximum Gasteiger partial charge on any atom is 0.244 e. The van der Waals surface area contributed by atoms with Crippen molar-refractivity contribution in [3.05, 3.63) is 90.3 Å². The molecule has 158 valence electrons. The van der Waals surface area contributed by atoms with Crippen LogP contribution in [0.25, 0.3) is 0 Å². The molecule has 6 nitrogen and oxygen atoms in total. The van der Waals surface area contributed by atoms with Crippen LogP contribution in [0.1, 0.15) is 17.5 Å². The summed E-state index contributed by atoms with van der Waals surface area (Å²) in [6, 6.07) is 20.1. The van der Waals surface area contributed by atoms with E-state index in [2.05, 4.69) is 22.9 Å². The normalized spacial score (nSPS) is 18.1. The van der Waals surface area contributed by atoms with E-state index in [9.17, 15) is 9.59 Å². The van der Waals surface area contributed by atoms with Gasteiger partial charge in [0.05, 0.1) is 0 Å². The molecule has 3 aromatic rings. The average Bonchev–Trinajstić information content (AvgIpc) is 3.07. The second-order valence-electron chi connectivity index (χ2n) is 7.37. The summed E-state index contributed by atoms with van der Waals surface area (Å²) in [4.78, 5) is 31.0. The molecule has 2 aromatic carbocycles. The lowest BCUT2D eigenvalue weighted by molar-refractivity contribution is -0.135. The zero-order chi connectivity index (χ0) is 21.6. The highest BCUT2D eigenvalue weighted by atomic mass is 32.1. The first-order chi connectivity index (χ1) is 15.1. The Morgan fingerprint density at radius 2 is 1.68 bits per heavy atom. The molecule has 7 heteroatoms. The number of carbonyl (C=O) groups excluding carboxylic acids is 2. The van der Waals surface area contributed by atoms with Crippen LogP contribution in [-0.4, -0.2) is 33.0 Å². The van der Waals surface area contributed by atoms with E-state index in [1.54, 1.807) is 17.3 Å². The maximum absolute atomic E-state index is 12.8. The molecule has 4 rings (SSSR count). The fourth-order valence-corrected chi connectivity index (χ4v) is 4.00. The van der Waals surface area contributed by atoms with Gasteiger partial charge in [-0.15, -0.1) is 0 Å². The van der Waals surface area contributed by atoms with Crippen molar-refractivity contribution in [2.24, 2.45) is 0 Å². The number of amides is 2. The van der Waals surface area contributed by atoms with Crippen LogP contribution in [0.15, 0.2) is 79.1 Å². The summed E-state index contributed by atoms with van der Waals surface area (Å²) in [5, 5.41) is 2.57. The van der Waals surface area contributed by atoms with Crippen molar-refractivity contribution >= 4 is 24.4 Å². The number of aromatic nitrogens is 1. The number of ether oxygens (including phenoxy) is 1. The average molecular weight is 434 g/mol. The number of hydrogen-bond donors (Lipinski definition) is 2. The molecule has 0 spiro atoms. The minimum atomic E-state index is -0.613. The first kappa shape index (κ1) is 20.9. The molecular weight excluding hydrogens is 410 g/mol. The molecule has 0 bridgehead atoms. The first-order valence-corrected chi connectivity index (χ1v) is 10.6. The summed E-state index contributed by atoms with van der Waals surface area (Å²) in [6.07, 6.45) is 3.60. The fraction of sp³-hybridized carbons (Fsp3) is 0.208. The number of nitrogens with zero attached hydrogens (tertiary/aromatic N) is 2. The fourth-order valence-electron chi connectivity index (χ4n) is 3.55. The van der Waals surface area contributed by atoms with E-state index in [0.29, 0.717) is 18.8 Å². The maximum atomic E-state index is 12.8. The van der Waals surface area contributed by atoms with Crippen LogP contribution in [0, 0.1) is 0 Å². The lowest BCUT2D eigenvalue weighted by Gasteiger charge is -2.26. The molecule has 1 aromatic heterocycles. The van der Waals surface area contributed by atoms with Gasteiger partial charge in [0, 0.05) is 37.2 Å². The standard InChI is InChI=1S/C24H23N3O3S/c28-22-14-21(31)23(24(29)26-15-17-10-12-25-13-11-17)27(22)16-18-6-8-20(9-7-18)30-19-4-2-1-3-5-19/h1-13,21,23,31H,14-16H2,(H,26,29). The molecule has 2 unspecified atom stereocenters. The number of pyridine rings is 1. The lowest BCUT2D eigenvalue weighted by atomic mass is 10.1. The zero-order valence-electron chi connectivity index (χ0n) is 16.8. The van der Waals surface area contributed by atoms with Gasteiger partial charge in [0.1, 0.15) is 17.5 Å². The molecule has 0 radical (unpaired) electrons. The van der Waals surface area contributed by atoms with E-state index in [1.165, 1.54) is 0 Å². The largest absolute Gasteiger partial charge is 0.457 e. The van der Waals surface area contributed by atoms with Crippen molar-refractivity contribution in [2.45, 2.75) is 30.8 Å². The third kappa shape index (κ3) is 5.24. The van der Waals surface area contributed by atoms with Gasteiger partial charge in [0.15, 0.2) is 0 Å². The first-order valence-electron chi connectivity index (χ1n) is 10.1. The highest BCUT2D eigenvalue weighted by molar-refractivity contribution is 7.81. The van der Waals surface area contributed by atoms with Gasteiger partial charge in [0.2, 0.25) is 11.8 Å². The summed E-state index contributed by atoms with van der Waals surface area (Å²) in [7, 11) is 0. The SMILES string of the molecule is O=C(NCc1ccncc1)C1C(S)CC(=O)N1Cc1ccc(Oc2ccccc2)cc1. The Kier molecular flexibility index (Phi) is 6.52. The Balaban J connectivity index is 1.40. The van der Waals surface area contributed by atoms with Crippen molar-refractivity contribution < 1.29 is 14.3 Å². The van der Waals surface area contributed by atoms with E-state index in [4.69, 9.17) is 4.74 Å². The minimum Gasteiger partial charge on any atom is -0.457 e. The number of thiol groups is 1. The van der Waals surface area contributed by atoms with Crippen molar-refractivity contribution in [2.75, 3.05) is 0 Å². The second kappa shape index (κ2) is 9.66. The van der Waals surface area contributed by atoms with E-state index in [1.807, 2.05) is 66.7 Å². The Morgan fingerprint density at radius 3 is 2.39 bits per heavy atom. The predicted octanol–water partition coefficient (Wildman–Crippen LogP) is 3.59. The highest BCUT2D eigenvalue weighted by Crippen LogP contribution is 2.27. The molecule has 2 atom stereocenters. The van der Waals surface area contributed by atoms with Crippen LogP contribution in [-0.2, 0) is 22.7 Å². The summed E-state index contributed by atoms with van der Waals surface area (Å²) >= 11 is 4.51. The number of nitrogens with one attached hydrogen (secondary N) is 1. The van der Waals surface area contributed by atoms with Crippen LogP contribution in [0.3, 0.4) is 0 Å². The molecule has 1 saturated heterocycles. The number of hydrogen-bond acceptors (Lipinski definition) is 5. The van der Waals surface area contributed by atoms with Crippen LogP contribution < -0.4 is 10.1 Å². The highest BCUT2D eigenvalue weighted by Gasteiger charge is 2.42. The number of rotatable bonds is 7. The van der Waals surface area contributed by atoms with Gasteiger partial charge in [-0.3, -0.25) is 14.6 Å². The quantitative estimate of drug-likeness (QED) is 0.559. The third-order valence-electron chi connectivity index (χ3n) is 5.14. The molecular formula is C24H23N3O3S. The van der Waals surface area contributed by atoms with Crippen molar-refractivity contribution in [3.8, 4) is 11.5 Å². The van der Waals surface area contributed by atoms with Gasteiger partial charge >= 0.3 is 0 Å². The number of benzene rings is 2. The molecule has 1 N–H and O–H groups in total. The molecule has 0 saturated carbocycles. The minimum absolute atomic E-state index is 0.0753. The molecule has 1 fully saturated rings. The monoisotopic (exact) mass is 433 g/mol. The molecule has 0 aliphatic carbocycles. The van der Waals surface area contributed by atoms with Crippen molar-refractivity contribution in [3.63, 3.8) is 0 Å². The molecule has 1 aliphatic rings. The lowest BCUT2D eigenvalue weighted by Crippen LogP contribution is -2.47. The van der Waals surface area contributed by atoms with E-state index < -0.39 is 6.04 Å². The second-order valence-corrected chi connectivity index (χ2v) is 8.03. The molecule has 2 heterocycles. The molecule has 31 heavy (non-hydrogen) atoms. The Morgan fingerprint density at radius 1 is 1.00 bits per heavy atom. The van der Waals surface area contributed by atoms with E-state index in [0.717, 1.165) is 16.9 Å². The predicted molar refractivity (Wildman–Crippen MR) is 121 cm³/mol. The van der Waals surface area contributed by atoms with Gasteiger partial charge in [-0.05, 0) is 47.5 Å². The van der Waals surface area contributed by atoms with E-state index in [-0.39, 0.29) is 23.5 Å². The van der Waals surface area contributed by atoms with Crippen molar-refractivity contribution in [1.29, 1.82) is 0 Å². The van der Waals surface area contributed by atoms with Gasteiger partial charge in [-0.1, -0.05) is 30.3 Å². The Labute approximate surface area is 186 Å². The van der Waals surface area contributed by atoms with Gasteiger partial charge in [-0.2, -0.15) is 12.6 Å². The van der Waals surface area contributed by atoms with Gasteiger partial charge in [-0.25, -0.2) is 0 Å². The van der Waals surface area contributed by atoms with Crippen LogP contribution in [0.4, 0.5) is 0 Å². The summed E-state index contributed by atoms with van der Waals surface area (Å²) in [5.41, 5.74) is 1.87. The summed E-state index contributed by atoms with van der Waals surface area (Å²) < 4.78 is 5.81. The van der Waals surface area contributed by atoms with Crippen LogP contribution in [0.5, 0.6) is 11.5 Å². The number of para-hydroxylation sites is 1. The smallest absolute Gasteiger partial charge is 0.244 e. The topological polar surface area (TPSA) is 71.5 Å². The van der Waals surface area contributed by atoms with Crippen LogP contribution >= 0.6 is 12.6 Å². The van der Waals surface area contributed by atoms with Crippen LogP contribution in [0.2, 0.25) is 0 Å². The summed E-state index contributed by atoms with van der Waals surface area (Å²) in [5.74, 6) is 1.19. The number of carbonyl (C=O) groups is 2. The van der Waals surface area contributed by atoms with Crippen molar-refractivity contribution in [1.82, 2.24) is 15.2 Å². The molecule has 1 aliphatic heterocycles. The van der Waals surface area contributed by atoms with E-state index >= 15 is 0 Å². The summed E-state index contributed by atoms with van der Waals surface area (Å²) in [6.45, 7) is 0.723. The number of likely N-dealkylation sites (tertiary alicyclic amines) is 1. The van der Waals surface area contributed by atoms with Gasteiger partial charge < -0.3 is 15.0 Å². The molecule has 2 amide bonds. The zero-order valence-corrected chi connectivity index (χ0v) is 17.7. The van der Waals surface area contributed by atoms with Gasteiger partial charge in [0.25, 0.3) is 0 Å². The Hall–Kier alpha value is -3.32.